The lowest BCUT2D eigenvalue weighted by Gasteiger charge is -2.27. The van der Waals surface area contributed by atoms with Gasteiger partial charge in [0.05, 0.1) is 24.0 Å². The van der Waals surface area contributed by atoms with Gasteiger partial charge >= 0.3 is 5.97 Å². The Hall–Kier alpha value is -2.67. The van der Waals surface area contributed by atoms with Crippen LogP contribution in [0.15, 0.2) is 41.3 Å². The van der Waals surface area contributed by atoms with Crippen LogP contribution in [0.3, 0.4) is 0 Å². The molecule has 1 saturated carbocycles. The lowest BCUT2D eigenvalue weighted by Crippen LogP contribution is -2.40. The van der Waals surface area contributed by atoms with E-state index in [1.54, 1.807) is 12.1 Å². The topological polar surface area (TPSA) is 108 Å². The summed E-state index contributed by atoms with van der Waals surface area (Å²) in [5.74, 6) is -0.956. The number of carbonyl (C=O) groups excluding carboxylic acids is 2. The minimum Gasteiger partial charge on any atom is -0.492 e. The molecule has 0 bridgehead atoms. The van der Waals surface area contributed by atoms with Crippen molar-refractivity contribution in [1.82, 2.24) is 15.1 Å². The smallest absolute Gasteiger partial charge is 0.306 e. The number of hydrogen-bond donors (Lipinski definition) is 2. The number of nitrogens with one attached hydrogen (secondary N) is 1. The molecule has 240 valence electrons. The molecule has 9 nitrogen and oxygen atoms in total. The largest absolute Gasteiger partial charge is 0.492 e. The van der Waals surface area contributed by atoms with Gasteiger partial charge in [-0.25, -0.2) is 0 Å². The van der Waals surface area contributed by atoms with Crippen LogP contribution in [0, 0.1) is 5.92 Å². The van der Waals surface area contributed by atoms with Crippen LogP contribution in [-0.2, 0) is 19.1 Å². The number of aliphatic carboxylic acids is 1. The Morgan fingerprint density at radius 3 is 2.44 bits per heavy atom. The Balaban J connectivity index is 1.27. The summed E-state index contributed by atoms with van der Waals surface area (Å²) >= 11 is 19.3. The van der Waals surface area contributed by atoms with Crippen molar-refractivity contribution in [2.75, 3.05) is 46.0 Å². The quantitative estimate of drug-likeness (QED) is 0.226. The number of amides is 2. The first kappa shape index (κ1) is 33.7. The van der Waals surface area contributed by atoms with Crippen LogP contribution in [0.1, 0.15) is 37.7 Å². The van der Waals surface area contributed by atoms with Gasteiger partial charge in [0.1, 0.15) is 16.7 Å². The fourth-order valence-electron chi connectivity index (χ4n) is 5.63. The molecule has 3 fully saturated rings. The molecule has 0 atom stereocenters. The van der Waals surface area contributed by atoms with E-state index in [1.165, 1.54) is 16.7 Å². The van der Waals surface area contributed by atoms with Crippen molar-refractivity contribution >= 4 is 75.4 Å². The summed E-state index contributed by atoms with van der Waals surface area (Å²) < 4.78 is 12.0. The van der Waals surface area contributed by atoms with Crippen LogP contribution >= 0.6 is 47.2 Å². The molecule has 0 aromatic heterocycles. The van der Waals surface area contributed by atoms with E-state index in [9.17, 15) is 19.5 Å². The first-order chi connectivity index (χ1) is 21.7. The SMILES string of the molecule is O=C(CCN1C(=O)/C(=C/c2cc(-c3cc(Cl)cc(Cl)c3)ccc2OCCN2CCOCC2)SC1=S)NC1CCC(C(=O)O)CC1. The molecule has 2 aliphatic heterocycles. The average molecular weight is 693 g/mol. The average Bonchev–Trinajstić information content (AvgIpc) is 3.28. The first-order valence-electron chi connectivity index (χ1n) is 15.0. The number of hydrogen-bond acceptors (Lipinski definition) is 8. The van der Waals surface area contributed by atoms with Crippen LogP contribution in [0.4, 0.5) is 0 Å². The molecule has 5 rings (SSSR count). The minimum absolute atomic E-state index is 0.0533. The molecule has 2 heterocycles. The normalized spacial score (nSPS) is 21.7. The third-order valence-electron chi connectivity index (χ3n) is 8.14. The van der Waals surface area contributed by atoms with Gasteiger partial charge in [0.2, 0.25) is 5.91 Å². The van der Waals surface area contributed by atoms with Gasteiger partial charge in [0, 0.05) is 54.3 Å². The fraction of sp³-hybridized carbons (Fsp3) is 0.438. The highest BCUT2D eigenvalue weighted by molar-refractivity contribution is 8.26. The number of benzene rings is 2. The van der Waals surface area contributed by atoms with E-state index >= 15 is 0 Å². The van der Waals surface area contributed by atoms with Crippen LogP contribution in [0.2, 0.25) is 10.0 Å². The summed E-state index contributed by atoms with van der Waals surface area (Å²) in [5.41, 5.74) is 2.40. The van der Waals surface area contributed by atoms with E-state index in [2.05, 4.69) is 10.2 Å². The van der Waals surface area contributed by atoms with Crippen molar-refractivity contribution in [2.45, 2.75) is 38.1 Å². The third-order valence-corrected chi connectivity index (χ3v) is 9.95. The van der Waals surface area contributed by atoms with Crippen LogP contribution in [0.5, 0.6) is 5.75 Å². The molecule has 0 radical (unpaired) electrons. The van der Waals surface area contributed by atoms with Crippen LogP contribution in [0.25, 0.3) is 17.2 Å². The van der Waals surface area contributed by atoms with Gasteiger partial charge in [0.25, 0.3) is 5.91 Å². The number of morpholine rings is 1. The van der Waals surface area contributed by atoms with Crippen molar-refractivity contribution in [2.24, 2.45) is 5.92 Å². The van der Waals surface area contributed by atoms with E-state index < -0.39 is 5.97 Å². The maximum Gasteiger partial charge on any atom is 0.306 e. The number of halogens is 2. The number of thiocarbonyl (C=S) groups is 1. The molecule has 1 aliphatic carbocycles. The van der Waals surface area contributed by atoms with Crippen molar-refractivity contribution in [1.29, 1.82) is 0 Å². The summed E-state index contributed by atoms with van der Waals surface area (Å²) in [5, 5.41) is 13.2. The van der Waals surface area contributed by atoms with Crippen molar-refractivity contribution in [3.05, 3.63) is 56.9 Å². The first-order valence-corrected chi connectivity index (χ1v) is 17.0. The molecule has 2 aromatic rings. The highest BCUT2D eigenvalue weighted by Crippen LogP contribution is 2.37. The number of carboxylic acids is 1. The zero-order chi connectivity index (χ0) is 31.9. The second kappa shape index (κ2) is 15.8. The summed E-state index contributed by atoms with van der Waals surface area (Å²) in [6, 6.07) is 11.0. The molecule has 2 aromatic carbocycles. The highest BCUT2D eigenvalue weighted by atomic mass is 35.5. The number of carboxylic acid groups (broad SMARTS) is 1. The molecule has 13 heteroatoms. The summed E-state index contributed by atoms with van der Waals surface area (Å²) in [7, 11) is 0. The Bertz CT molecular complexity index is 1450. The van der Waals surface area contributed by atoms with Crippen molar-refractivity contribution in [3.63, 3.8) is 0 Å². The monoisotopic (exact) mass is 691 g/mol. The van der Waals surface area contributed by atoms with Gasteiger partial charge in [-0.05, 0) is 73.2 Å². The van der Waals surface area contributed by atoms with E-state index in [-0.39, 0.29) is 36.7 Å². The zero-order valence-electron chi connectivity index (χ0n) is 24.6. The van der Waals surface area contributed by atoms with E-state index in [0.29, 0.717) is 76.1 Å². The number of carbonyl (C=O) groups is 3. The van der Waals surface area contributed by atoms with E-state index in [1.807, 2.05) is 30.3 Å². The molecular weight excluding hydrogens is 657 g/mol. The second-order valence-corrected chi connectivity index (χ2v) is 13.8. The van der Waals surface area contributed by atoms with Crippen molar-refractivity contribution < 1.29 is 29.0 Å². The molecule has 2 amide bonds. The number of thioether (sulfide) groups is 1. The molecule has 45 heavy (non-hydrogen) atoms. The summed E-state index contributed by atoms with van der Waals surface area (Å²) in [4.78, 5) is 41.5. The zero-order valence-corrected chi connectivity index (χ0v) is 27.8. The molecule has 0 spiro atoms. The maximum absolute atomic E-state index is 13.5. The van der Waals surface area contributed by atoms with Gasteiger partial charge in [0.15, 0.2) is 0 Å². The summed E-state index contributed by atoms with van der Waals surface area (Å²) in [6.45, 7) is 4.51. The maximum atomic E-state index is 13.5. The third kappa shape index (κ3) is 9.21. The van der Waals surface area contributed by atoms with Crippen molar-refractivity contribution in [3.8, 4) is 16.9 Å². The molecular formula is C32H35Cl2N3O6S2. The van der Waals surface area contributed by atoms with Gasteiger partial charge in [-0.2, -0.15) is 0 Å². The molecule has 2 N–H and O–H groups in total. The summed E-state index contributed by atoms with van der Waals surface area (Å²) in [6.07, 6.45) is 4.22. The minimum atomic E-state index is -0.783. The number of rotatable bonds is 11. The lowest BCUT2D eigenvalue weighted by molar-refractivity contribution is -0.142. The van der Waals surface area contributed by atoms with Gasteiger partial charge in [-0.15, -0.1) is 0 Å². The Morgan fingerprint density at radius 2 is 1.76 bits per heavy atom. The van der Waals surface area contributed by atoms with Crippen LogP contribution < -0.4 is 10.1 Å². The Kier molecular flexibility index (Phi) is 11.8. The van der Waals surface area contributed by atoms with E-state index in [4.69, 9.17) is 44.9 Å². The standard InChI is InChI=1S/C32H35Cl2N3O6S2/c33-24-16-22(17-25(34)19-24)21-3-6-27(43-14-11-36-9-12-42-13-10-36)23(15-21)18-28-30(39)37(32(44)45-28)8-7-29(38)35-26-4-1-20(2-5-26)31(40)41/h3,6,15-20,26H,1-2,4-5,7-14H2,(H,35,38)(H,40,41)/b28-18-. The van der Waals surface area contributed by atoms with E-state index in [0.717, 1.165) is 30.8 Å². The Labute approximate surface area is 282 Å². The molecule has 2 saturated heterocycles. The van der Waals surface area contributed by atoms with Gasteiger partial charge < -0.3 is 19.9 Å². The highest BCUT2D eigenvalue weighted by Gasteiger charge is 2.33. The predicted octanol–water partition coefficient (Wildman–Crippen LogP) is 5.72. The fourth-order valence-corrected chi connectivity index (χ4v) is 7.46. The Morgan fingerprint density at radius 1 is 1.04 bits per heavy atom. The second-order valence-electron chi connectivity index (χ2n) is 11.3. The van der Waals surface area contributed by atoms with Crippen LogP contribution in [-0.4, -0.2) is 89.1 Å². The number of nitrogens with zero attached hydrogens (tertiary/aromatic N) is 2. The van der Waals surface area contributed by atoms with Gasteiger partial charge in [-0.3, -0.25) is 24.2 Å². The predicted molar refractivity (Wildman–Crippen MR) is 181 cm³/mol. The lowest BCUT2D eigenvalue weighted by atomic mass is 9.86. The van der Waals surface area contributed by atoms with Gasteiger partial charge in [-0.1, -0.05) is 53.2 Å². The molecule has 0 unspecified atom stereocenters. The molecule has 3 aliphatic rings. The number of ether oxygens (including phenoxy) is 2.